The van der Waals surface area contributed by atoms with Crippen LogP contribution in [0.3, 0.4) is 0 Å². The zero-order valence-corrected chi connectivity index (χ0v) is 6.42. The maximum Gasteiger partial charge on any atom is 0.488 e. The lowest BCUT2D eigenvalue weighted by atomic mass is 9.76. The predicted octanol–water partition coefficient (Wildman–Crippen LogP) is 0.789. The van der Waals surface area contributed by atoms with Gasteiger partial charge in [0.25, 0.3) is 0 Å². The standard InChI is InChI=1S/C6H7BClFO2/c8-5-3-4(7(10)11)1-2-6(5)9/h1,3,6,10-11H,2H2. The quantitative estimate of drug-likeness (QED) is 0.580. The Morgan fingerprint density at radius 1 is 1.64 bits per heavy atom. The summed E-state index contributed by atoms with van der Waals surface area (Å²) in [5.41, 5.74) is 0.254. The summed E-state index contributed by atoms with van der Waals surface area (Å²) in [6.07, 6.45) is 1.57. The summed E-state index contributed by atoms with van der Waals surface area (Å²) in [6, 6.07) is 0. The summed E-state index contributed by atoms with van der Waals surface area (Å²) in [5, 5.41) is 17.3. The largest absolute Gasteiger partial charge is 0.488 e. The second kappa shape index (κ2) is 3.39. The first-order chi connectivity index (χ1) is 5.11. The van der Waals surface area contributed by atoms with Crippen LogP contribution in [0.5, 0.6) is 0 Å². The molecule has 2 nitrogen and oxygen atoms in total. The molecule has 0 radical (unpaired) electrons. The molecular formula is C6H7BClFO2. The van der Waals surface area contributed by atoms with E-state index in [0.29, 0.717) is 0 Å². The normalized spacial score (nSPS) is 24.2. The Labute approximate surface area is 69.1 Å². The Morgan fingerprint density at radius 2 is 2.27 bits per heavy atom. The van der Waals surface area contributed by atoms with E-state index in [-0.39, 0.29) is 16.9 Å². The first-order valence-corrected chi connectivity index (χ1v) is 3.56. The van der Waals surface area contributed by atoms with Crippen LogP contribution < -0.4 is 0 Å². The summed E-state index contributed by atoms with van der Waals surface area (Å²) in [6.45, 7) is 0. The van der Waals surface area contributed by atoms with Gasteiger partial charge < -0.3 is 10.0 Å². The molecule has 60 valence electrons. The predicted molar refractivity (Wildman–Crippen MR) is 41.7 cm³/mol. The zero-order chi connectivity index (χ0) is 8.43. The van der Waals surface area contributed by atoms with Crippen molar-refractivity contribution < 1.29 is 14.4 Å². The maximum atomic E-state index is 12.6. The topological polar surface area (TPSA) is 40.5 Å². The van der Waals surface area contributed by atoms with Gasteiger partial charge in [-0.15, -0.1) is 0 Å². The molecular weight excluding hydrogens is 169 g/mol. The number of rotatable bonds is 1. The average molecular weight is 176 g/mol. The van der Waals surface area contributed by atoms with Gasteiger partial charge in [0, 0.05) is 6.42 Å². The molecule has 1 rings (SSSR count). The third-order valence-electron chi connectivity index (χ3n) is 1.46. The zero-order valence-electron chi connectivity index (χ0n) is 5.67. The van der Waals surface area contributed by atoms with Crippen molar-refractivity contribution in [3.05, 3.63) is 22.7 Å². The van der Waals surface area contributed by atoms with Crippen LogP contribution in [0.25, 0.3) is 0 Å². The summed E-state index contributed by atoms with van der Waals surface area (Å²) >= 11 is 5.43. The second-order valence-electron chi connectivity index (χ2n) is 2.31. The number of allylic oxidation sites excluding steroid dienone is 4. The molecule has 0 aliphatic heterocycles. The highest BCUT2D eigenvalue weighted by Crippen LogP contribution is 2.23. The summed E-state index contributed by atoms with van der Waals surface area (Å²) < 4.78 is 12.6. The van der Waals surface area contributed by atoms with E-state index < -0.39 is 13.3 Å². The van der Waals surface area contributed by atoms with Gasteiger partial charge in [0.15, 0.2) is 0 Å². The van der Waals surface area contributed by atoms with Gasteiger partial charge in [-0.2, -0.15) is 0 Å². The van der Waals surface area contributed by atoms with E-state index in [1.165, 1.54) is 12.2 Å². The molecule has 0 amide bonds. The highest BCUT2D eigenvalue weighted by Gasteiger charge is 2.20. The van der Waals surface area contributed by atoms with Crippen molar-refractivity contribution >= 4 is 18.7 Å². The van der Waals surface area contributed by atoms with Crippen molar-refractivity contribution in [3.8, 4) is 0 Å². The van der Waals surface area contributed by atoms with Gasteiger partial charge in [-0.1, -0.05) is 17.7 Å². The molecule has 1 unspecified atom stereocenters. The first kappa shape index (κ1) is 8.78. The molecule has 0 fully saturated rings. The van der Waals surface area contributed by atoms with Gasteiger partial charge in [0.2, 0.25) is 0 Å². The molecule has 5 heteroatoms. The number of hydrogen-bond acceptors (Lipinski definition) is 2. The minimum atomic E-state index is -1.56. The van der Waals surface area contributed by atoms with Crippen LogP contribution in [0.15, 0.2) is 22.7 Å². The lowest BCUT2D eigenvalue weighted by Gasteiger charge is -2.11. The average Bonchev–Trinajstić information content (AvgIpc) is 1.94. The highest BCUT2D eigenvalue weighted by atomic mass is 35.5. The van der Waals surface area contributed by atoms with Gasteiger partial charge in [-0.25, -0.2) is 4.39 Å². The van der Waals surface area contributed by atoms with E-state index in [4.69, 9.17) is 21.6 Å². The van der Waals surface area contributed by atoms with Crippen molar-refractivity contribution in [1.82, 2.24) is 0 Å². The van der Waals surface area contributed by atoms with E-state index in [2.05, 4.69) is 0 Å². The van der Waals surface area contributed by atoms with Crippen molar-refractivity contribution in [1.29, 1.82) is 0 Å². The van der Waals surface area contributed by atoms with E-state index >= 15 is 0 Å². The Kier molecular flexibility index (Phi) is 2.70. The molecule has 0 aromatic heterocycles. The fourth-order valence-corrected chi connectivity index (χ4v) is 1.06. The van der Waals surface area contributed by atoms with Crippen LogP contribution in [-0.4, -0.2) is 23.3 Å². The van der Waals surface area contributed by atoms with Gasteiger partial charge >= 0.3 is 7.12 Å². The van der Waals surface area contributed by atoms with Crippen molar-refractivity contribution in [2.24, 2.45) is 0 Å². The van der Waals surface area contributed by atoms with Gasteiger partial charge in [-0.05, 0) is 11.5 Å². The Hall–Kier alpha value is -0.315. The van der Waals surface area contributed by atoms with E-state index in [9.17, 15) is 4.39 Å². The van der Waals surface area contributed by atoms with Gasteiger partial charge in [0.05, 0.1) is 5.03 Å². The van der Waals surface area contributed by atoms with E-state index in [1.807, 2.05) is 0 Å². The molecule has 0 spiro atoms. The fraction of sp³-hybridized carbons (Fsp3) is 0.333. The third-order valence-corrected chi connectivity index (χ3v) is 1.81. The highest BCUT2D eigenvalue weighted by molar-refractivity contribution is 6.52. The number of hydrogen-bond donors (Lipinski definition) is 2. The van der Waals surface area contributed by atoms with Crippen LogP contribution in [0.2, 0.25) is 0 Å². The Balaban J connectivity index is 2.74. The summed E-state index contributed by atoms with van der Waals surface area (Å²) in [7, 11) is -1.56. The van der Waals surface area contributed by atoms with Crippen molar-refractivity contribution in [2.75, 3.05) is 0 Å². The van der Waals surface area contributed by atoms with Crippen LogP contribution in [0, 0.1) is 0 Å². The van der Waals surface area contributed by atoms with E-state index in [0.717, 1.165) is 0 Å². The van der Waals surface area contributed by atoms with Crippen molar-refractivity contribution in [3.63, 3.8) is 0 Å². The summed E-state index contributed by atoms with van der Waals surface area (Å²) in [5.74, 6) is 0. The van der Waals surface area contributed by atoms with Crippen LogP contribution in [0.1, 0.15) is 6.42 Å². The lowest BCUT2D eigenvalue weighted by molar-refractivity contribution is 0.390. The third kappa shape index (κ3) is 2.05. The van der Waals surface area contributed by atoms with E-state index in [1.54, 1.807) is 0 Å². The molecule has 0 bridgehead atoms. The SMILES string of the molecule is OB(O)C1=CCC(F)C(Cl)=C1. The van der Waals surface area contributed by atoms with Gasteiger partial charge in [0.1, 0.15) is 6.17 Å². The van der Waals surface area contributed by atoms with Crippen LogP contribution in [0.4, 0.5) is 4.39 Å². The summed E-state index contributed by atoms with van der Waals surface area (Å²) in [4.78, 5) is 0. The molecule has 0 aromatic rings. The van der Waals surface area contributed by atoms with Crippen LogP contribution >= 0.6 is 11.6 Å². The van der Waals surface area contributed by atoms with Gasteiger partial charge in [-0.3, -0.25) is 0 Å². The Bertz CT molecular complexity index is 215. The molecule has 1 aliphatic rings. The monoisotopic (exact) mass is 176 g/mol. The molecule has 0 saturated carbocycles. The molecule has 1 aliphatic carbocycles. The fourth-order valence-electron chi connectivity index (χ4n) is 0.841. The Morgan fingerprint density at radius 3 is 2.73 bits per heavy atom. The molecule has 0 saturated heterocycles. The lowest BCUT2D eigenvalue weighted by Crippen LogP contribution is -2.17. The molecule has 0 heterocycles. The minimum absolute atomic E-state index is 0.0237. The molecule has 0 aromatic carbocycles. The number of alkyl halides is 1. The maximum absolute atomic E-state index is 12.6. The molecule has 2 N–H and O–H groups in total. The minimum Gasteiger partial charge on any atom is -0.423 e. The number of halogens is 2. The molecule has 11 heavy (non-hydrogen) atoms. The second-order valence-corrected chi connectivity index (χ2v) is 2.75. The van der Waals surface area contributed by atoms with Crippen LogP contribution in [-0.2, 0) is 0 Å². The smallest absolute Gasteiger partial charge is 0.423 e. The van der Waals surface area contributed by atoms with Crippen molar-refractivity contribution in [2.45, 2.75) is 12.6 Å². The molecule has 1 atom stereocenters. The first-order valence-electron chi connectivity index (χ1n) is 3.18.